The van der Waals surface area contributed by atoms with Crippen LogP contribution >= 0.6 is 0 Å². The number of rotatable bonds is 7. The van der Waals surface area contributed by atoms with Gasteiger partial charge in [-0.25, -0.2) is 0 Å². The summed E-state index contributed by atoms with van der Waals surface area (Å²) in [5.74, 6) is 3.51. The van der Waals surface area contributed by atoms with E-state index in [0.29, 0.717) is 18.6 Å². The number of hydrogen-bond acceptors (Lipinski definition) is 1. The molecule has 3 rings (SSSR count). The van der Waals surface area contributed by atoms with E-state index in [1.165, 1.54) is 77.0 Å². The van der Waals surface area contributed by atoms with Gasteiger partial charge in [0.2, 0.25) is 0 Å². The van der Waals surface area contributed by atoms with Gasteiger partial charge in [0.1, 0.15) is 0 Å². The van der Waals surface area contributed by atoms with Gasteiger partial charge in [-0.2, -0.15) is 8.78 Å². The van der Waals surface area contributed by atoms with Crippen LogP contribution in [0.2, 0.25) is 0 Å². The van der Waals surface area contributed by atoms with Crippen LogP contribution in [0.4, 0.5) is 8.78 Å². The highest BCUT2D eigenvalue weighted by Gasteiger charge is 2.31. The Labute approximate surface area is 165 Å². The van der Waals surface area contributed by atoms with E-state index in [1.54, 1.807) is 0 Å². The number of halogens is 2. The van der Waals surface area contributed by atoms with Gasteiger partial charge in [-0.3, -0.25) is 0 Å². The van der Waals surface area contributed by atoms with Crippen LogP contribution in [0, 0.1) is 29.6 Å². The third-order valence-electron chi connectivity index (χ3n) is 7.74. The zero-order valence-corrected chi connectivity index (χ0v) is 17.3. The first kappa shape index (κ1) is 21.3. The van der Waals surface area contributed by atoms with Crippen molar-refractivity contribution in [2.24, 2.45) is 29.6 Å². The highest BCUT2D eigenvalue weighted by molar-refractivity contribution is 4.91. The van der Waals surface area contributed by atoms with Crippen molar-refractivity contribution >= 4 is 0 Å². The van der Waals surface area contributed by atoms with Gasteiger partial charge >= 0.3 is 0 Å². The Kier molecular flexibility index (Phi) is 8.61. The smallest absolute Gasteiger partial charge is 0.266 e. The molecule has 1 aliphatic heterocycles. The number of ether oxygens (including phenoxy) is 1. The lowest BCUT2D eigenvalue weighted by Gasteiger charge is -2.37. The zero-order chi connectivity index (χ0) is 19.1. The molecule has 3 heteroatoms. The first-order valence-corrected chi connectivity index (χ1v) is 11.7. The summed E-state index contributed by atoms with van der Waals surface area (Å²) in [6, 6.07) is 0. The summed E-state index contributed by atoms with van der Waals surface area (Å²) in [7, 11) is 0. The van der Waals surface area contributed by atoms with Crippen molar-refractivity contribution in [1.82, 2.24) is 0 Å². The molecule has 0 spiro atoms. The minimum Gasteiger partial charge on any atom is -0.377 e. The highest BCUT2D eigenvalue weighted by atomic mass is 19.3. The average Bonchev–Trinajstić information content (AvgIpc) is 2.67. The van der Waals surface area contributed by atoms with Gasteiger partial charge < -0.3 is 4.74 Å². The lowest BCUT2D eigenvalue weighted by atomic mass is 9.75. The average molecular weight is 383 g/mol. The second kappa shape index (κ2) is 10.9. The van der Waals surface area contributed by atoms with E-state index in [-0.39, 0.29) is 5.92 Å². The molecule has 2 saturated carbocycles. The van der Waals surface area contributed by atoms with Crippen LogP contribution in [0.3, 0.4) is 0 Å². The van der Waals surface area contributed by atoms with Gasteiger partial charge in [0, 0.05) is 5.92 Å². The lowest BCUT2D eigenvalue weighted by Crippen LogP contribution is -2.33. The molecule has 0 aromatic heterocycles. The van der Waals surface area contributed by atoms with Crippen molar-refractivity contribution in [3.63, 3.8) is 0 Å². The third-order valence-corrected chi connectivity index (χ3v) is 7.74. The monoisotopic (exact) mass is 382 g/mol. The van der Waals surface area contributed by atoms with E-state index in [9.17, 15) is 8.78 Å². The fraction of sp³-hybridized carbons (Fsp3) is 0.917. The molecule has 1 nitrogen and oxygen atoms in total. The second-order valence-electron chi connectivity index (χ2n) is 9.86. The maximum atomic E-state index is 12.4. The van der Waals surface area contributed by atoms with Crippen LogP contribution in [0.1, 0.15) is 96.8 Å². The Bertz CT molecular complexity index is 435. The first-order chi connectivity index (χ1) is 13.1. The summed E-state index contributed by atoms with van der Waals surface area (Å²) < 4.78 is 30.7. The molecule has 0 radical (unpaired) electrons. The quantitative estimate of drug-likeness (QED) is 0.409. The summed E-state index contributed by atoms with van der Waals surface area (Å²) in [5.41, 5.74) is 0. The number of unbranched alkanes of at least 4 members (excludes halogenated alkanes) is 1. The molecule has 2 unspecified atom stereocenters. The van der Waals surface area contributed by atoms with E-state index in [1.807, 2.05) is 0 Å². The molecule has 0 N–H and O–H groups in total. The Morgan fingerprint density at radius 1 is 0.815 bits per heavy atom. The molecular weight excluding hydrogens is 342 g/mol. The standard InChI is InChI=1S/C24H40F2O/c1-18-6-8-19(9-7-18)4-2-3-5-20-10-13-22(14-11-20)23-15-12-21(17-27-23)16-24(25)26/h16,18-23H,2-15,17H2,1H3. The van der Waals surface area contributed by atoms with Gasteiger partial charge in [0.05, 0.1) is 12.7 Å². The summed E-state index contributed by atoms with van der Waals surface area (Å²) in [5, 5.41) is 0. The van der Waals surface area contributed by atoms with Crippen molar-refractivity contribution in [3.05, 3.63) is 12.2 Å². The van der Waals surface area contributed by atoms with E-state index >= 15 is 0 Å². The molecule has 27 heavy (non-hydrogen) atoms. The molecule has 0 bridgehead atoms. The van der Waals surface area contributed by atoms with Crippen LogP contribution in [0.5, 0.6) is 0 Å². The van der Waals surface area contributed by atoms with E-state index in [4.69, 9.17) is 4.74 Å². The van der Waals surface area contributed by atoms with Gasteiger partial charge in [-0.1, -0.05) is 71.1 Å². The van der Waals surface area contributed by atoms with Crippen molar-refractivity contribution in [2.45, 2.75) is 103 Å². The van der Waals surface area contributed by atoms with E-state index in [0.717, 1.165) is 36.7 Å². The van der Waals surface area contributed by atoms with E-state index in [2.05, 4.69) is 6.92 Å². The van der Waals surface area contributed by atoms with Gasteiger partial charge in [0.25, 0.3) is 6.08 Å². The zero-order valence-electron chi connectivity index (χ0n) is 17.3. The van der Waals surface area contributed by atoms with Crippen LogP contribution in [0.25, 0.3) is 0 Å². The van der Waals surface area contributed by atoms with Gasteiger partial charge in [-0.05, 0) is 55.4 Å². The Morgan fingerprint density at radius 2 is 1.41 bits per heavy atom. The highest BCUT2D eigenvalue weighted by Crippen LogP contribution is 2.38. The van der Waals surface area contributed by atoms with Crippen molar-refractivity contribution < 1.29 is 13.5 Å². The second-order valence-corrected chi connectivity index (χ2v) is 9.86. The number of hydrogen-bond donors (Lipinski definition) is 0. The Balaban J connectivity index is 1.25. The molecule has 3 aliphatic rings. The molecule has 1 saturated heterocycles. The van der Waals surface area contributed by atoms with Crippen LogP contribution < -0.4 is 0 Å². The molecule has 0 amide bonds. The summed E-state index contributed by atoms with van der Waals surface area (Å²) >= 11 is 0. The van der Waals surface area contributed by atoms with Crippen molar-refractivity contribution in [3.8, 4) is 0 Å². The lowest BCUT2D eigenvalue weighted by molar-refractivity contribution is -0.0499. The first-order valence-electron chi connectivity index (χ1n) is 11.7. The van der Waals surface area contributed by atoms with E-state index < -0.39 is 6.08 Å². The van der Waals surface area contributed by atoms with Crippen LogP contribution in [-0.4, -0.2) is 12.7 Å². The maximum Gasteiger partial charge on any atom is 0.266 e. The van der Waals surface area contributed by atoms with Crippen molar-refractivity contribution in [1.29, 1.82) is 0 Å². The van der Waals surface area contributed by atoms with Crippen molar-refractivity contribution in [2.75, 3.05) is 6.61 Å². The van der Waals surface area contributed by atoms with Gasteiger partial charge in [-0.15, -0.1) is 0 Å². The predicted molar refractivity (Wildman–Crippen MR) is 108 cm³/mol. The van der Waals surface area contributed by atoms with Gasteiger partial charge in [0.15, 0.2) is 0 Å². The largest absolute Gasteiger partial charge is 0.377 e. The third kappa shape index (κ3) is 7.15. The van der Waals surface area contributed by atoms with Crippen LogP contribution in [-0.2, 0) is 4.74 Å². The fourth-order valence-electron chi connectivity index (χ4n) is 5.81. The Hall–Kier alpha value is -0.440. The Morgan fingerprint density at radius 3 is 1.93 bits per heavy atom. The summed E-state index contributed by atoms with van der Waals surface area (Å²) in [4.78, 5) is 0. The normalized spacial score (nSPS) is 37.7. The van der Waals surface area contributed by atoms with Crippen LogP contribution in [0.15, 0.2) is 12.2 Å². The maximum absolute atomic E-state index is 12.4. The molecule has 2 aliphatic carbocycles. The SMILES string of the molecule is CC1CCC(CCCCC2CCC(C3CCC(C=C(F)F)CO3)CC2)CC1. The molecular formula is C24H40F2O. The summed E-state index contributed by atoms with van der Waals surface area (Å²) in [6.07, 6.45) is 18.6. The molecule has 0 aromatic rings. The molecule has 0 aromatic carbocycles. The molecule has 156 valence electrons. The minimum atomic E-state index is -1.55. The molecule has 1 heterocycles. The predicted octanol–water partition coefficient (Wildman–Crippen LogP) is 7.76. The summed E-state index contributed by atoms with van der Waals surface area (Å²) in [6.45, 7) is 2.89. The fourth-order valence-corrected chi connectivity index (χ4v) is 5.81. The molecule has 2 atom stereocenters. The topological polar surface area (TPSA) is 9.23 Å². The minimum absolute atomic E-state index is 0.0741. The molecule has 3 fully saturated rings.